The Balaban J connectivity index is 1.61. The zero-order chi connectivity index (χ0) is 18.4. The van der Waals surface area contributed by atoms with Crippen molar-refractivity contribution in [2.24, 2.45) is 0 Å². The lowest BCUT2D eigenvalue weighted by Gasteiger charge is -2.35. The second-order valence-corrected chi connectivity index (χ2v) is 5.86. The number of amides is 1. The van der Waals surface area contributed by atoms with E-state index < -0.39 is 11.5 Å². The van der Waals surface area contributed by atoms with Crippen LogP contribution in [0.2, 0.25) is 0 Å². The van der Waals surface area contributed by atoms with Gasteiger partial charge in [0.15, 0.2) is 0 Å². The zero-order valence-corrected chi connectivity index (χ0v) is 14.6. The predicted molar refractivity (Wildman–Crippen MR) is 97.7 cm³/mol. The topological polar surface area (TPSA) is 103 Å². The highest BCUT2D eigenvalue weighted by Crippen LogP contribution is 2.15. The third kappa shape index (κ3) is 4.17. The molecule has 138 valence electrons. The van der Waals surface area contributed by atoms with E-state index in [0.29, 0.717) is 32.2 Å². The zero-order valence-electron chi connectivity index (χ0n) is 14.6. The third-order valence-electron chi connectivity index (χ3n) is 4.17. The molecule has 1 aliphatic heterocycles. The van der Waals surface area contributed by atoms with Gasteiger partial charge in [-0.05, 0) is 12.1 Å². The van der Waals surface area contributed by atoms with Crippen LogP contribution in [0.3, 0.4) is 0 Å². The molecule has 0 radical (unpaired) electrons. The summed E-state index contributed by atoms with van der Waals surface area (Å²) < 4.78 is 4.87. The van der Waals surface area contributed by atoms with Gasteiger partial charge >= 0.3 is 0 Å². The van der Waals surface area contributed by atoms with E-state index in [1.54, 1.807) is 13.3 Å². The molecule has 0 atom stereocenters. The fourth-order valence-corrected chi connectivity index (χ4v) is 2.76. The van der Waals surface area contributed by atoms with Crippen LogP contribution in [-0.4, -0.2) is 67.3 Å². The van der Waals surface area contributed by atoms with Crippen LogP contribution in [0.5, 0.6) is 0 Å². The highest BCUT2D eigenvalue weighted by molar-refractivity contribution is 5.93. The first kappa shape index (κ1) is 17.9. The maximum atomic E-state index is 12.2. The monoisotopic (exact) mass is 358 g/mol. The van der Waals surface area contributed by atoms with E-state index in [-0.39, 0.29) is 5.56 Å². The number of ether oxygens (including phenoxy) is 1. The van der Waals surface area contributed by atoms with E-state index in [9.17, 15) is 9.59 Å². The molecule has 0 saturated carbocycles. The van der Waals surface area contributed by atoms with Crippen LogP contribution < -0.4 is 20.7 Å². The molecule has 9 heteroatoms. The number of hydrogen-bond acceptors (Lipinski definition) is 7. The van der Waals surface area contributed by atoms with Crippen molar-refractivity contribution >= 4 is 17.7 Å². The molecule has 0 aromatic carbocycles. The van der Waals surface area contributed by atoms with Crippen LogP contribution >= 0.6 is 0 Å². The van der Waals surface area contributed by atoms with Gasteiger partial charge in [0.05, 0.1) is 6.61 Å². The summed E-state index contributed by atoms with van der Waals surface area (Å²) in [5.74, 6) is 0.961. The minimum atomic E-state index is -0.456. The summed E-state index contributed by atoms with van der Waals surface area (Å²) >= 11 is 0. The molecule has 0 unspecified atom stereocenters. The molecule has 9 nitrogen and oxygen atoms in total. The van der Waals surface area contributed by atoms with Crippen molar-refractivity contribution in [2.75, 3.05) is 56.2 Å². The first-order valence-corrected chi connectivity index (χ1v) is 8.46. The van der Waals surface area contributed by atoms with Gasteiger partial charge in [-0.25, -0.2) is 9.97 Å². The maximum absolute atomic E-state index is 12.2. The quantitative estimate of drug-likeness (QED) is 0.693. The Kier molecular flexibility index (Phi) is 5.80. The highest BCUT2D eigenvalue weighted by Gasteiger charge is 2.20. The molecule has 3 heterocycles. The van der Waals surface area contributed by atoms with Crippen molar-refractivity contribution in [3.63, 3.8) is 0 Å². The fourth-order valence-electron chi connectivity index (χ4n) is 2.76. The molecular formula is C17H22N6O3. The van der Waals surface area contributed by atoms with Gasteiger partial charge in [0.1, 0.15) is 11.4 Å². The van der Waals surface area contributed by atoms with Crippen LogP contribution in [0, 0.1) is 0 Å². The van der Waals surface area contributed by atoms with Gasteiger partial charge in [-0.3, -0.25) is 14.6 Å². The Morgan fingerprint density at radius 3 is 2.65 bits per heavy atom. The van der Waals surface area contributed by atoms with Crippen molar-refractivity contribution < 1.29 is 9.53 Å². The molecule has 2 aromatic rings. The summed E-state index contributed by atoms with van der Waals surface area (Å²) in [6, 6.07) is 5.83. The molecule has 26 heavy (non-hydrogen) atoms. The number of methoxy groups -OCH3 is 1. The third-order valence-corrected chi connectivity index (χ3v) is 4.17. The summed E-state index contributed by atoms with van der Waals surface area (Å²) in [6.07, 6.45) is 3.10. The van der Waals surface area contributed by atoms with E-state index >= 15 is 0 Å². The molecule has 0 bridgehead atoms. The minimum Gasteiger partial charge on any atom is -0.383 e. The maximum Gasteiger partial charge on any atom is 0.265 e. The number of anilines is 2. The SMILES string of the molecule is COCCNC(=O)c1cnc(N2CCN(c3ccccn3)CC2)[nH]c1=O. The summed E-state index contributed by atoms with van der Waals surface area (Å²) in [6.45, 7) is 3.69. The predicted octanol–water partition coefficient (Wildman–Crippen LogP) is -0.132. The van der Waals surface area contributed by atoms with Gasteiger partial charge in [0, 0.05) is 52.2 Å². The molecule has 0 spiro atoms. The number of piperazine rings is 1. The summed E-state index contributed by atoms with van der Waals surface area (Å²) in [4.78, 5) is 39.7. The van der Waals surface area contributed by atoms with Gasteiger partial charge in [0.25, 0.3) is 11.5 Å². The molecule has 1 saturated heterocycles. The lowest BCUT2D eigenvalue weighted by molar-refractivity contribution is 0.0935. The van der Waals surface area contributed by atoms with Crippen LogP contribution in [0.25, 0.3) is 0 Å². The fraction of sp³-hybridized carbons (Fsp3) is 0.412. The second-order valence-electron chi connectivity index (χ2n) is 5.86. The highest BCUT2D eigenvalue weighted by atomic mass is 16.5. The average molecular weight is 358 g/mol. The van der Waals surface area contributed by atoms with Gasteiger partial charge < -0.3 is 19.9 Å². The number of nitrogens with zero attached hydrogens (tertiary/aromatic N) is 4. The summed E-state index contributed by atoms with van der Waals surface area (Å²) in [5.41, 5.74) is -0.450. The standard InChI is InChI=1S/C17H22N6O3/c1-26-11-6-19-15(24)13-12-20-17(21-16(13)25)23-9-7-22(8-10-23)14-4-2-3-5-18-14/h2-5,12H,6-11H2,1H3,(H,19,24)(H,20,21,25). The molecule has 1 aliphatic rings. The van der Waals surface area contributed by atoms with Crippen molar-refractivity contribution in [1.82, 2.24) is 20.3 Å². The molecule has 3 rings (SSSR count). The van der Waals surface area contributed by atoms with Crippen molar-refractivity contribution in [3.8, 4) is 0 Å². The Bertz CT molecular complexity index is 787. The minimum absolute atomic E-state index is 0.00280. The molecule has 1 amide bonds. The largest absolute Gasteiger partial charge is 0.383 e. The Morgan fingerprint density at radius 2 is 2.00 bits per heavy atom. The van der Waals surface area contributed by atoms with E-state index in [0.717, 1.165) is 18.9 Å². The number of aromatic amines is 1. The average Bonchev–Trinajstić information content (AvgIpc) is 2.69. The first-order chi connectivity index (χ1) is 12.7. The summed E-state index contributed by atoms with van der Waals surface area (Å²) in [5, 5.41) is 2.61. The van der Waals surface area contributed by atoms with E-state index in [1.807, 2.05) is 23.1 Å². The Hall–Kier alpha value is -2.94. The van der Waals surface area contributed by atoms with Gasteiger partial charge in [-0.2, -0.15) is 0 Å². The van der Waals surface area contributed by atoms with Crippen LogP contribution in [0.1, 0.15) is 10.4 Å². The molecule has 2 aromatic heterocycles. The van der Waals surface area contributed by atoms with Crippen LogP contribution in [0.15, 0.2) is 35.4 Å². The van der Waals surface area contributed by atoms with Crippen molar-refractivity contribution in [2.45, 2.75) is 0 Å². The van der Waals surface area contributed by atoms with Crippen molar-refractivity contribution in [3.05, 3.63) is 46.5 Å². The number of carbonyl (C=O) groups excluding carboxylic acids is 1. The van der Waals surface area contributed by atoms with E-state index in [4.69, 9.17) is 4.74 Å². The van der Waals surface area contributed by atoms with Gasteiger partial charge in [-0.1, -0.05) is 6.07 Å². The number of H-pyrrole nitrogens is 1. The molecular weight excluding hydrogens is 336 g/mol. The number of rotatable bonds is 6. The molecule has 2 N–H and O–H groups in total. The molecule has 1 fully saturated rings. The van der Waals surface area contributed by atoms with Gasteiger partial charge in [-0.15, -0.1) is 0 Å². The summed E-state index contributed by atoms with van der Waals surface area (Å²) in [7, 11) is 1.54. The van der Waals surface area contributed by atoms with E-state index in [2.05, 4.69) is 25.2 Å². The van der Waals surface area contributed by atoms with E-state index in [1.165, 1.54) is 6.20 Å². The lowest BCUT2D eigenvalue weighted by Crippen LogP contribution is -2.48. The second kappa shape index (κ2) is 8.43. The molecule has 0 aliphatic carbocycles. The Labute approximate surface area is 151 Å². The number of nitrogens with one attached hydrogen (secondary N) is 2. The normalized spacial score (nSPS) is 14.3. The number of pyridine rings is 1. The number of hydrogen-bond donors (Lipinski definition) is 2. The smallest absolute Gasteiger partial charge is 0.265 e. The van der Waals surface area contributed by atoms with Crippen LogP contribution in [0.4, 0.5) is 11.8 Å². The van der Waals surface area contributed by atoms with Crippen molar-refractivity contribution in [1.29, 1.82) is 0 Å². The first-order valence-electron chi connectivity index (χ1n) is 8.46. The van der Waals surface area contributed by atoms with Crippen LogP contribution in [-0.2, 0) is 4.74 Å². The number of aromatic nitrogens is 3. The lowest BCUT2D eigenvalue weighted by atomic mass is 10.3. The Morgan fingerprint density at radius 1 is 1.23 bits per heavy atom. The number of carbonyl (C=O) groups is 1. The van der Waals surface area contributed by atoms with Gasteiger partial charge in [0.2, 0.25) is 5.95 Å².